The van der Waals surface area contributed by atoms with Gasteiger partial charge in [0.2, 0.25) is 0 Å². The molecule has 3 aromatic rings. The molecule has 0 radical (unpaired) electrons. The molecule has 0 unspecified atom stereocenters. The number of rotatable bonds is 33. The molecule has 0 aliphatic rings. The van der Waals surface area contributed by atoms with Gasteiger partial charge >= 0.3 is 23.9 Å². The minimum atomic E-state index is -1.31. The van der Waals surface area contributed by atoms with E-state index in [0.29, 0.717) is 40.3 Å². The molecule has 3 rings (SSSR count). The van der Waals surface area contributed by atoms with Crippen molar-refractivity contribution in [1.29, 1.82) is 0 Å². The number of furan rings is 3. The fraction of sp³-hybridized carbons (Fsp3) is 0.600. The van der Waals surface area contributed by atoms with Crippen LogP contribution in [0.3, 0.4) is 0 Å². The zero-order chi connectivity index (χ0) is 39.2. The Labute approximate surface area is 342 Å². The first-order valence-electron chi connectivity index (χ1n) is 18.9. The fourth-order valence-corrected chi connectivity index (χ4v) is 8.27. The van der Waals surface area contributed by atoms with Crippen molar-refractivity contribution in [2.45, 2.75) is 88.4 Å². The van der Waals surface area contributed by atoms with E-state index in [0.717, 1.165) is 29.5 Å². The lowest BCUT2D eigenvalue weighted by Gasteiger charge is -2.31. The Balaban J connectivity index is 1.57. The molecule has 11 nitrogen and oxygen atoms in total. The van der Waals surface area contributed by atoms with E-state index in [2.05, 4.69) is 6.92 Å². The van der Waals surface area contributed by atoms with E-state index in [-0.39, 0.29) is 52.1 Å². The third-order valence-electron chi connectivity index (χ3n) is 8.07. The zero-order valence-corrected chi connectivity index (χ0v) is 35.1. The summed E-state index contributed by atoms with van der Waals surface area (Å²) in [6.45, 7) is 1.09. The highest BCUT2D eigenvalue weighted by atomic mass is 32.2. The SMILES string of the molecule is CCCCCCCCSCCC(=O)OCC(COC(=O)CCSCc1ccco1)(COC(=O)CCSCc1ccco1)COC(=O)CCSCc1ccco1. The predicted octanol–water partition coefficient (Wildman–Crippen LogP) is 9.38. The van der Waals surface area contributed by atoms with Gasteiger partial charge in [0.25, 0.3) is 0 Å². The molecule has 0 N–H and O–H groups in total. The third kappa shape index (κ3) is 22.5. The number of esters is 4. The molecule has 0 amide bonds. The lowest BCUT2D eigenvalue weighted by Crippen LogP contribution is -2.44. The monoisotopic (exact) mass is 840 g/mol. The number of ether oxygens (including phenoxy) is 4. The molecular formula is C40H56O11S4. The Kier molecular flexibility index (Phi) is 24.8. The number of thioether (sulfide) groups is 4. The van der Waals surface area contributed by atoms with Crippen molar-refractivity contribution in [2.24, 2.45) is 5.41 Å². The summed E-state index contributed by atoms with van der Waals surface area (Å²) in [6, 6.07) is 11.0. The Bertz CT molecular complexity index is 1290. The first-order valence-corrected chi connectivity index (χ1v) is 23.5. The second-order valence-corrected chi connectivity index (χ2v) is 17.5. The highest BCUT2D eigenvalue weighted by Gasteiger charge is 2.38. The zero-order valence-electron chi connectivity index (χ0n) is 31.9. The van der Waals surface area contributed by atoms with Gasteiger partial charge in [0, 0.05) is 23.0 Å². The fourth-order valence-electron chi connectivity index (χ4n) is 4.88. The van der Waals surface area contributed by atoms with Crippen LogP contribution in [0.1, 0.15) is 88.4 Å². The van der Waals surface area contributed by atoms with Crippen molar-refractivity contribution in [1.82, 2.24) is 0 Å². The van der Waals surface area contributed by atoms with Crippen molar-refractivity contribution in [2.75, 3.05) is 55.2 Å². The second-order valence-electron chi connectivity index (χ2n) is 12.9. The minimum Gasteiger partial charge on any atom is -0.468 e. The smallest absolute Gasteiger partial charge is 0.306 e. The second kappa shape index (κ2) is 29.4. The van der Waals surface area contributed by atoms with Crippen LogP contribution in [0.2, 0.25) is 0 Å². The van der Waals surface area contributed by atoms with Crippen molar-refractivity contribution < 1.29 is 51.4 Å². The van der Waals surface area contributed by atoms with E-state index in [1.54, 1.807) is 30.6 Å². The van der Waals surface area contributed by atoms with Gasteiger partial charge in [-0.3, -0.25) is 19.2 Å². The number of hydrogen-bond donors (Lipinski definition) is 0. The third-order valence-corrected chi connectivity index (χ3v) is 12.1. The van der Waals surface area contributed by atoms with Crippen molar-refractivity contribution in [3.8, 4) is 0 Å². The average Bonchev–Trinajstić information content (AvgIpc) is 4.01. The van der Waals surface area contributed by atoms with E-state index >= 15 is 0 Å². The van der Waals surface area contributed by atoms with Gasteiger partial charge in [0.15, 0.2) is 0 Å². The van der Waals surface area contributed by atoms with Crippen LogP contribution in [0.4, 0.5) is 0 Å². The quantitative estimate of drug-likeness (QED) is 0.0326. The Morgan fingerprint density at radius 1 is 0.491 bits per heavy atom. The molecule has 0 saturated heterocycles. The van der Waals surface area contributed by atoms with Crippen LogP contribution in [0.15, 0.2) is 68.4 Å². The summed E-state index contributed by atoms with van der Waals surface area (Å²) in [4.78, 5) is 51.7. The van der Waals surface area contributed by atoms with Gasteiger partial charge in [0.1, 0.15) is 49.1 Å². The summed E-state index contributed by atoms with van der Waals surface area (Å²) in [5, 5.41) is 0. The molecule has 306 valence electrons. The van der Waals surface area contributed by atoms with Crippen molar-refractivity contribution in [3.05, 3.63) is 72.5 Å². The normalized spacial score (nSPS) is 11.4. The molecular weight excluding hydrogens is 785 g/mol. The molecule has 0 aliphatic heterocycles. The maximum Gasteiger partial charge on any atom is 0.306 e. The van der Waals surface area contributed by atoms with E-state index in [9.17, 15) is 19.2 Å². The maximum absolute atomic E-state index is 12.9. The average molecular weight is 841 g/mol. The summed E-state index contributed by atoms with van der Waals surface area (Å²) in [7, 11) is 0. The summed E-state index contributed by atoms with van der Waals surface area (Å²) >= 11 is 6.30. The molecule has 3 aromatic heterocycles. The molecule has 15 heteroatoms. The topological polar surface area (TPSA) is 145 Å². The largest absolute Gasteiger partial charge is 0.468 e. The van der Waals surface area contributed by atoms with E-state index in [1.165, 1.54) is 67.4 Å². The van der Waals surface area contributed by atoms with E-state index in [4.69, 9.17) is 32.2 Å². The van der Waals surface area contributed by atoms with Crippen molar-refractivity contribution in [3.63, 3.8) is 0 Å². The van der Waals surface area contributed by atoms with Gasteiger partial charge in [-0.1, -0.05) is 39.0 Å². The highest BCUT2D eigenvalue weighted by molar-refractivity contribution is 7.99. The van der Waals surface area contributed by atoms with Crippen LogP contribution < -0.4 is 0 Å². The van der Waals surface area contributed by atoms with E-state index < -0.39 is 29.3 Å². The molecule has 0 spiro atoms. The number of carbonyl (C=O) groups excluding carboxylic acids is 4. The molecule has 0 aliphatic carbocycles. The van der Waals surface area contributed by atoms with Crippen LogP contribution in [0, 0.1) is 5.41 Å². The lowest BCUT2D eigenvalue weighted by molar-refractivity contribution is -0.170. The first-order chi connectivity index (χ1) is 26.9. The lowest BCUT2D eigenvalue weighted by atomic mass is 9.92. The molecule has 3 heterocycles. The van der Waals surface area contributed by atoms with E-state index in [1.807, 2.05) is 36.4 Å². The van der Waals surface area contributed by atoms with Gasteiger partial charge < -0.3 is 32.2 Å². The summed E-state index contributed by atoms with van der Waals surface area (Å²) < 4.78 is 38.9. The highest BCUT2D eigenvalue weighted by Crippen LogP contribution is 2.24. The molecule has 55 heavy (non-hydrogen) atoms. The first kappa shape index (κ1) is 46.5. The Morgan fingerprint density at radius 2 is 0.836 bits per heavy atom. The van der Waals surface area contributed by atoms with Gasteiger partial charge in [-0.25, -0.2) is 0 Å². The maximum atomic E-state index is 12.9. The Hall–Kier alpha value is -2.88. The number of unbranched alkanes of at least 4 members (excludes halogenated alkanes) is 5. The minimum absolute atomic E-state index is 0.121. The number of hydrogen-bond acceptors (Lipinski definition) is 15. The molecule has 0 atom stereocenters. The summed E-state index contributed by atoms with van der Waals surface area (Å²) in [5.41, 5.74) is -1.31. The predicted molar refractivity (Wildman–Crippen MR) is 220 cm³/mol. The summed E-state index contributed by atoms with van der Waals surface area (Å²) in [6.07, 6.45) is 12.6. The molecule has 0 fully saturated rings. The van der Waals surface area contributed by atoms with Gasteiger partial charge in [0.05, 0.1) is 61.7 Å². The van der Waals surface area contributed by atoms with Crippen LogP contribution in [-0.4, -0.2) is 79.1 Å². The van der Waals surface area contributed by atoms with Crippen molar-refractivity contribution >= 4 is 70.9 Å². The number of carbonyl (C=O) groups is 4. The van der Waals surface area contributed by atoms with Crippen LogP contribution in [0.5, 0.6) is 0 Å². The molecule has 0 bridgehead atoms. The Morgan fingerprint density at radius 3 is 1.18 bits per heavy atom. The standard InChI is InChI=1S/C40H56O11S4/c1-2-3-4-5-6-7-21-52-22-14-36(41)48-29-40(30-49-37(42)15-23-53-26-33-11-8-18-45-33,31-50-38(43)16-24-54-27-34-12-9-19-46-34)32-51-39(44)17-25-55-28-35-13-10-20-47-35/h8-13,18-20H,2-7,14-17,21-32H2,1H3. The van der Waals surface area contributed by atoms with Crippen LogP contribution in [-0.2, 0) is 55.4 Å². The molecule has 0 saturated carbocycles. The van der Waals surface area contributed by atoms with Gasteiger partial charge in [-0.15, -0.1) is 0 Å². The van der Waals surface area contributed by atoms with Gasteiger partial charge in [-0.2, -0.15) is 47.0 Å². The summed E-state index contributed by atoms with van der Waals surface area (Å²) in [5.74, 6) is 5.47. The van der Waals surface area contributed by atoms with Crippen LogP contribution >= 0.6 is 47.0 Å². The molecule has 0 aromatic carbocycles. The van der Waals surface area contributed by atoms with Crippen LogP contribution in [0.25, 0.3) is 0 Å². The van der Waals surface area contributed by atoms with Gasteiger partial charge in [-0.05, 0) is 48.6 Å².